The molecule has 0 aromatic heterocycles. The van der Waals surface area contributed by atoms with Crippen LogP contribution in [0.25, 0.3) is 0 Å². The zero-order valence-corrected chi connectivity index (χ0v) is 13.1. The molecule has 0 heterocycles. The van der Waals surface area contributed by atoms with E-state index in [1.54, 1.807) is 0 Å². The van der Waals surface area contributed by atoms with Crippen LogP contribution in [0.15, 0.2) is 0 Å². The van der Waals surface area contributed by atoms with Crippen LogP contribution >= 0.6 is 12.6 Å². The predicted molar refractivity (Wildman–Crippen MR) is 84.6 cm³/mol. The molecule has 0 saturated carbocycles. The fourth-order valence-electron chi connectivity index (χ4n) is 2.24. The van der Waals surface area contributed by atoms with Crippen LogP contribution < -0.4 is 0 Å². The maximum Gasteiger partial charge on any atom is 0.142 e. The molecule has 0 N–H and O–H groups in total. The van der Waals surface area contributed by atoms with Gasteiger partial charge < -0.3 is 0 Å². The summed E-state index contributed by atoms with van der Waals surface area (Å²) in [6.07, 6.45) is 16.9. The number of carbonyl (C=O) groups is 1. The minimum absolute atomic E-state index is 0.297. The Balaban J connectivity index is 2.97. The molecule has 0 aliphatic heterocycles. The monoisotopic (exact) mass is 272 g/mol. The maximum atomic E-state index is 11.0. The van der Waals surface area contributed by atoms with Crippen molar-refractivity contribution in [2.45, 2.75) is 90.4 Å². The largest absolute Gasteiger partial charge is 0.299 e. The van der Waals surface area contributed by atoms with E-state index in [1.807, 2.05) is 0 Å². The topological polar surface area (TPSA) is 17.1 Å². The van der Waals surface area contributed by atoms with Gasteiger partial charge in [-0.05, 0) is 6.42 Å². The number of ketones is 1. The third-order valence-corrected chi connectivity index (χ3v) is 3.84. The Morgan fingerprint density at radius 2 is 1.11 bits per heavy atom. The average molecular weight is 272 g/mol. The third-order valence-electron chi connectivity index (χ3n) is 3.49. The Labute approximate surface area is 120 Å². The van der Waals surface area contributed by atoms with Crippen molar-refractivity contribution in [2.75, 3.05) is 5.75 Å². The molecule has 0 aromatic carbocycles. The van der Waals surface area contributed by atoms with E-state index in [9.17, 15) is 4.79 Å². The predicted octanol–water partition coefficient (Wildman–Crippen LogP) is 5.58. The van der Waals surface area contributed by atoms with Gasteiger partial charge in [0.05, 0.1) is 0 Å². The van der Waals surface area contributed by atoms with Crippen LogP contribution in [-0.4, -0.2) is 11.5 Å². The minimum Gasteiger partial charge on any atom is -0.299 e. The van der Waals surface area contributed by atoms with Gasteiger partial charge in [-0.25, -0.2) is 0 Å². The Morgan fingerprint density at radius 3 is 1.50 bits per heavy atom. The first-order chi connectivity index (χ1) is 8.81. The molecule has 0 atom stereocenters. The average Bonchev–Trinajstić information content (AvgIpc) is 2.39. The Kier molecular flexibility index (Phi) is 15.1. The van der Waals surface area contributed by atoms with E-state index in [1.165, 1.54) is 70.6 Å². The number of Topliss-reactive ketones (excluding diaryl/α,β-unsaturated/α-hetero) is 1. The quantitative estimate of drug-likeness (QED) is 0.323. The van der Waals surface area contributed by atoms with E-state index in [0.717, 1.165) is 12.8 Å². The highest BCUT2D eigenvalue weighted by Gasteiger charge is 1.98. The van der Waals surface area contributed by atoms with Crippen LogP contribution in [0.5, 0.6) is 0 Å². The number of rotatable bonds is 14. The second-order valence-corrected chi connectivity index (χ2v) is 5.65. The molecule has 0 aliphatic carbocycles. The summed E-state index contributed by atoms with van der Waals surface area (Å²) in [6, 6.07) is 0. The lowest BCUT2D eigenvalue weighted by atomic mass is 10.0. The smallest absolute Gasteiger partial charge is 0.142 e. The lowest BCUT2D eigenvalue weighted by Gasteiger charge is -2.02. The molecule has 0 fully saturated rings. The molecule has 2 heteroatoms. The Bertz CT molecular complexity index is 180. The second kappa shape index (κ2) is 15.1. The van der Waals surface area contributed by atoms with Gasteiger partial charge in [-0.2, -0.15) is 12.6 Å². The van der Waals surface area contributed by atoms with Gasteiger partial charge in [0.2, 0.25) is 0 Å². The number of unbranched alkanes of at least 4 members (excludes halogenated alkanes) is 11. The van der Waals surface area contributed by atoms with Crippen LogP contribution in [0.4, 0.5) is 0 Å². The lowest BCUT2D eigenvalue weighted by Crippen LogP contribution is -1.98. The SMILES string of the molecule is CCCCCCCCCCCCCCC(=O)CS. The first-order valence-corrected chi connectivity index (χ1v) is 8.57. The summed E-state index contributed by atoms with van der Waals surface area (Å²) in [4.78, 5) is 11.0. The number of thiol groups is 1. The van der Waals surface area contributed by atoms with Gasteiger partial charge in [-0.1, -0.05) is 77.6 Å². The van der Waals surface area contributed by atoms with Gasteiger partial charge >= 0.3 is 0 Å². The van der Waals surface area contributed by atoms with E-state index < -0.39 is 0 Å². The lowest BCUT2D eigenvalue weighted by molar-refractivity contribution is -0.116. The molecule has 0 aliphatic rings. The van der Waals surface area contributed by atoms with Crippen LogP contribution in [-0.2, 0) is 4.79 Å². The van der Waals surface area contributed by atoms with Crippen molar-refractivity contribution in [3.8, 4) is 0 Å². The summed E-state index contributed by atoms with van der Waals surface area (Å²) in [5, 5.41) is 0. The Morgan fingerprint density at radius 1 is 0.722 bits per heavy atom. The second-order valence-electron chi connectivity index (χ2n) is 5.34. The van der Waals surface area contributed by atoms with Crippen molar-refractivity contribution in [3.63, 3.8) is 0 Å². The number of carbonyl (C=O) groups excluding carboxylic acids is 1. The van der Waals surface area contributed by atoms with Crippen molar-refractivity contribution in [3.05, 3.63) is 0 Å². The number of hydrogen-bond acceptors (Lipinski definition) is 2. The van der Waals surface area contributed by atoms with E-state index in [2.05, 4.69) is 19.6 Å². The van der Waals surface area contributed by atoms with Crippen molar-refractivity contribution in [1.82, 2.24) is 0 Å². The van der Waals surface area contributed by atoms with Crippen molar-refractivity contribution in [2.24, 2.45) is 0 Å². The van der Waals surface area contributed by atoms with Gasteiger partial charge in [-0.15, -0.1) is 0 Å². The first kappa shape index (κ1) is 18.0. The van der Waals surface area contributed by atoms with Gasteiger partial charge in [0, 0.05) is 12.2 Å². The molecule has 0 bridgehead atoms. The van der Waals surface area contributed by atoms with Crippen LogP contribution in [0, 0.1) is 0 Å². The summed E-state index contributed by atoms with van der Waals surface area (Å²) in [5.41, 5.74) is 0. The molecular weight excluding hydrogens is 240 g/mol. The zero-order valence-electron chi connectivity index (χ0n) is 12.3. The summed E-state index contributed by atoms with van der Waals surface area (Å²) in [7, 11) is 0. The van der Waals surface area contributed by atoms with E-state index in [4.69, 9.17) is 0 Å². The van der Waals surface area contributed by atoms with Gasteiger partial charge in [-0.3, -0.25) is 4.79 Å². The molecule has 108 valence electrons. The van der Waals surface area contributed by atoms with Crippen molar-refractivity contribution in [1.29, 1.82) is 0 Å². The molecule has 0 rings (SSSR count). The molecule has 0 spiro atoms. The minimum atomic E-state index is 0.297. The molecule has 0 radical (unpaired) electrons. The van der Waals surface area contributed by atoms with E-state index >= 15 is 0 Å². The van der Waals surface area contributed by atoms with Crippen molar-refractivity contribution < 1.29 is 4.79 Å². The number of hydrogen-bond donors (Lipinski definition) is 1. The standard InChI is InChI=1S/C16H32OS/c1-2-3-4-5-6-7-8-9-10-11-12-13-14-16(17)15-18/h18H,2-15H2,1H3. The highest BCUT2D eigenvalue weighted by atomic mass is 32.1. The molecule has 0 saturated heterocycles. The molecule has 0 aromatic rings. The molecule has 1 nitrogen and oxygen atoms in total. The fourth-order valence-corrected chi connectivity index (χ4v) is 2.40. The molecule has 18 heavy (non-hydrogen) atoms. The molecule has 0 amide bonds. The summed E-state index contributed by atoms with van der Waals surface area (Å²) in [5.74, 6) is 0.711. The summed E-state index contributed by atoms with van der Waals surface area (Å²) >= 11 is 3.98. The third kappa shape index (κ3) is 14.1. The molecule has 0 unspecified atom stereocenters. The first-order valence-electron chi connectivity index (χ1n) is 7.93. The summed E-state index contributed by atoms with van der Waals surface area (Å²) < 4.78 is 0. The maximum absolute atomic E-state index is 11.0. The molecular formula is C16H32OS. The Hall–Kier alpha value is 0.0200. The fraction of sp³-hybridized carbons (Fsp3) is 0.938. The highest BCUT2D eigenvalue weighted by molar-refractivity contribution is 7.81. The van der Waals surface area contributed by atoms with Crippen LogP contribution in [0.2, 0.25) is 0 Å². The van der Waals surface area contributed by atoms with Gasteiger partial charge in [0.15, 0.2) is 0 Å². The van der Waals surface area contributed by atoms with Gasteiger partial charge in [0.1, 0.15) is 5.78 Å². The van der Waals surface area contributed by atoms with Crippen LogP contribution in [0.3, 0.4) is 0 Å². The van der Waals surface area contributed by atoms with E-state index in [-0.39, 0.29) is 0 Å². The summed E-state index contributed by atoms with van der Waals surface area (Å²) in [6.45, 7) is 2.27. The van der Waals surface area contributed by atoms with Crippen LogP contribution in [0.1, 0.15) is 90.4 Å². The van der Waals surface area contributed by atoms with E-state index in [0.29, 0.717) is 11.5 Å². The zero-order chi connectivity index (χ0) is 13.5. The van der Waals surface area contributed by atoms with Crippen molar-refractivity contribution >= 4 is 18.4 Å². The normalized spacial score (nSPS) is 10.8. The van der Waals surface area contributed by atoms with Gasteiger partial charge in [0.25, 0.3) is 0 Å². The highest BCUT2D eigenvalue weighted by Crippen LogP contribution is 2.12.